The molecule has 1 nitrogen and oxygen atoms in total. The zero-order chi connectivity index (χ0) is 13.2. The lowest BCUT2D eigenvalue weighted by Gasteiger charge is -2.06. The molecule has 1 aromatic carbocycles. The normalized spacial score (nSPS) is 13.8. The van der Waals surface area contributed by atoms with Crippen LogP contribution in [0.5, 0.6) is 0 Å². The van der Waals surface area contributed by atoms with E-state index in [-0.39, 0.29) is 5.82 Å². The molecule has 1 aliphatic rings. The van der Waals surface area contributed by atoms with E-state index < -0.39 is 0 Å². The Balaban J connectivity index is 1.59. The second-order valence-electron chi connectivity index (χ2n) is 4.83. The van der Waals surface area contributed by atoms with E-state index in [2.05, 4.69) is 27.3 Å². The second-order valence-corrected chi connectivity index (χ2v) is 6.85. The number of fused-ring (bicyclic) bond motifs is 1. The van der Waals surface area contributed by atoms with E-state index >= 15 is 0 Å². The predicted octanol–water partition coefficient (Wildman–Crippen LogP) is 4.43. The van der Waals surface area contributed by atoms with E-state index in [0.717, 1.165) is 12.1 Å². The van der Waals surface area contributed by atoms with Crippen LogP contribution in [0.1, 0.15) is 27.3 Å². The summed E-state index contributed by atoms with van der Waals surface area (Å²) in [6.45, 7) is 1.54. The standard InChI is InChI=1S/C15H15BrFNS/c16-15-11(4-1-5-13(15)17)8-18-9-12-7-10-3-2-6-14(10)19-12/h1,4-5,7,18H,2-3,6,8-9H2. The van der Waals surface area contributed by atoms with Crippen LogP contribution in [0.15, 0.2) is 28.7 Å². The summed E-state index contributed by atoms with van der Waals surface area (Å²) in [5.41, 5.74) is 2.50. The Morgan fingerprint density at radius 2 is 2.16 bits per heavy atom. The van der Waals surface area contributed by atoms with Crippen molar-refractivity contribution in [1.82, 2.24) is 5.32 Å². The highest BCUT2D eigenvalue weighted by Gasteiger charge is 2.14. The van der Waals surface area contributed by atoms with Crippen LogP contribution in [-0.4, -0.2) is 0 Å². The average Bonchev–Trinajstić information content (AvgIpc) is 2.95. The van der Waals surface area contributed by atoms with Crippen molar-refractivity contribution in [3.8, 4) is 0 Å². The lowest BCUT2D eigenvalue weighted by atomic mass is 10.2. The molecule has 19 heavy (non-hydrogen) atoms. The van der Waals surface area contributed by atoms with Crippen molar-refractivity contribution < 1.29 is 4.39 Å². The highest BCUT2D eigenvalue weighted by molar-refractivity contribution is 9.10. The van der Waals surface area contributed by atoms with E-state index in [4.69, 9.17) is 0 Å². The number of nitrogens with one attached hydrogen (secondary N) is 1. The van der Waals surface area contributed by atoms with Gasteiger partial charge in [-0.3, -0.25) is 0 Å². The summed E-state index contributed by atoms with van der Waals surface area (Å²) in [5, 5.41) is 3.39. The zero-order valence-corrected chi connectivity index (χ0v) is 12.9. The molecule has 1 heterocycles. The van der Waals surface area contributed by atoms with Crippen LogP contribution < -0.4 is 5.32 Å². The van der Waals surface area contributed by atoms with Gasteiger partial charge in [0.1, 0.15) is 5.82 Å². The fraction of sp³-hybridized carbons (Fsp3) is 0.333. The maximum Gasteiger partial charge on any atom is 0.137 e. The molecule has 0 radical (unpaired) electrons. The molecule has 1 aliphatic carbocycles. The quantitative estimate of drug-likeness (QED) is 0.868. The number of thiophene rings is 1. The van der Waals surface area contributed by atoms with Crippen LogP contribution in [0.3, 0.4) is 0 Å². The molecular formula is C15H15BrFNS. The topological polar surface area (TPSA) is 12.0 Å². The van der Waals surface area contributed by atoms with Crippen LogP contribution in [0.2, 0.25) is 0 Å². The van der Waals surface area contributed by atoms with Crippen LogP contribution in [0.4, 0.5) is 4.39 Å². The van der Waals surface area contributed by atoms with Gasteiger partial charge in [0.25, 0.3) is 0 Å². The van der Waals surface area contributed by atoms with Gasteiger partial charge < -0.3 is 5.32 Å². The van der Waals surface area contributed by atoms with Crippen molar-refractivity contribution in [2.24, 2.45) is 0 Å². The fourth-order valence-electron chi connectivity index (χ4n) is 2.48. The van der Waals surface area contributed by atoms with Gasteiger partial charge in [-0.15, -0.1) is 11.3 Å². The molecule has 0 bridgehead atoms. The lowest BCUT2D eigenvalue weighted by molar-refractivity contribution is 0.612. The van der Waals surface area contributed by atoms with E-state index in [1.807, 2.05) is 17.4 Å². The Bertz CT molecular complexity index is 572. The van der Waals surface area contributed by atoms with Crippen molar-refractivity contribution >= 4 is 27.3 Å². The first-order chi connectivity index (χ1) is 9.24. The van der Waals surface area contributed by atoms with E-state index in [0.29, 0.717) is 11.0 Å². The van der Waals surface area contributed by atoms with Gasteiger partial charge in [0, 0.05) is 22.8 Å². The van der Waals surface area contributed by atoms with Gasteiger partial charge in [-0.1, -0.05) is 12.1 Å². The summed E-state index contributed by atoms with van der Waals surface area (Å²) < 4.78 is 13.9. The zero-order valence-electron chi connectivity index (χ0n) is 10.5. The minimum absolute atomic E-state index is 0.200. The number of hydrogen-bond acceptors (Lipinski definition) is 2. The number of halogens is 2. The van der Waals surface area contributed by atoms with Gasteiger partial charge in [0.2, 0.25) is 0 Å². The average molecular weight is 340 g/mol. The third-order valence-electron chi connectivity index (χ3n) is 3.44. The van der Waals surface area contributed by atoms with Gasteiger partial charge in [-0.25, -0.2) is 4.39 Å². The van der Waals surface area contributed by atoms with Gasteiger partial charge in [-0.05, 0) is 58.5 Å². The monoisotopic (exact) mass is 339 g/mol. The number of benzene rings is 1. The van der Waals surface area contributed by atoms with Gasteiger partial charge >= 0.3 is 0 Å². The molecule has 1 N–H and O–H groups in total. The van der Waals surface area contributed by atoms with E-state index in [1.54, 1.807) is 10.9 Å². The number of aryl methyl sites for hydroxylation is 2. The fourth-order valence-corrected chi connectivity index (χ4v) is 4.12. The molecular weight excluding hydrogens is 325 g/mol. The second kappa shape index (κ2) is 5.73. The smallest absolute Gasteiger partial charge is 0.137 e. The van der Waals surface area contributed by atoms with Crippen molar-refractivity contribution in [2.75, 3.05) is 0 Å². The number of hydrogen-bond donors (Lipinski definition) is 1. The summed E-state index contributed by atoms with van der Waals surface area (Å²) in [6, 6.07) is 7.48. The Labute approximate surface area is 125 Å². The third-order valence-corrected chi connectivity index (χ3v) is 5.57. The van der Waals surface area contributed by atoms with Crippen molar-refractivity contribution in [3.63, 3.8) is 0 Å². The van der Waals surface area contributed by atoms with Crippen LogP contribution >= 0.6 is 27.3 Å². The first-order valence-electron chi connectivity index (χ1n) is 6.48. The summed E-state index contributed by atoms with van der Waals surface area (Å²) >= 11 is 5.21. The summed E-state index contributed by atoms with van der Waals surface area (Å²) in [5.74, 6) is -0.200. The highest BCUT2D eigenvalue weighted by Crippen LogP contribution is 2.30. The predicted molar refractivity (Wildman–Crippen MR) is 81.0 cm³/mol. The molecule has 0 amide bonds. The summed E-state index contributed by atoms with van der Waals surface area (Å²) in [7, 11) is 0. The molecule has 0 spiro atoms. The van der Waals surface area contributed by atoms with Crippen molar-refractivity contribution in [3.05, 3.63) is 55.4 Å². The molecule has 3 rings (SSSR count). The van der Waals surface area contributed by atoms with Crippen molar-refractivity contribution in [2.45, 2.75) is 32.4 Å². The summed E-state index contributed by atoms with van der Waals surface area (Å²) in [4.78, 5) is 2.95. The Hall–Kier alpha value is -0.710. The molecule has 4 heteroatoms. The van der Waals surface area contributed by atoms with Gasteiger partial charge in [0.15, 0.2) is 0 Å². The Kier molecular flexibility index (Phi) is 4.01. The van der Waals surface area contributed by atoms with Gasteiger partial charge in [-0.2, -0.15) is 0 Å². The SMILES string of the molecule is Fc1cccc(CNCc2cc3c(s2)CCC3)c1Br. The Morgan fingerprint density at radius 1 is 1.26 bits per heavy atom. The molecule has 0 saturated carbocycles. The minimum atomic E-state index is -0.200. The molecule has 0 atom stereocenters. The molecule has 2 aromatic rings. The summed E-state index contributed by atoms with van der Waals surface area (Å²) in [6.07, 6.45) is 3.79. The largest absolute Gasteiger partial charge is 0.308 e. The van der Waals surface area contributed by atoms with Crippen LogP contribution in [0, 0.1) is 5.82 Å². The molecule has 1 aromatic heterocycles. The molecule has 0 unspecified atom stereocenters. The Morgan fingerprint density at radius 3 is 3.00 bits per heavy atom. The molecule has 0 aliphatic heterocycles. The van der Waals surface area contributed by atoms with Gasteiger partial charge in [0.05, 0.1) is 4.47 Å². The lowest BCUT2D eigenvalue weighted by Crippen LogP contribution is -2.12. The van der Waals surface area contributed by atoms with E-state index in [9.17, 15) is 4.39 Å². The van der Waals surface area contributed by atoms with Crippen molar-refractivity contribution in [1.29, 1.82) is 0 Å². The molecule has 0 fully saturated rings. The maximum atomic E-state index is 13.4. The minimum Gasteiger partial charge on any atom is -0.308 e. The van der Waals surface area contributed by atoms with Crippen LogP contribution in [0.25, 0.3) is 0 Å². The molecule has 0 saturated heterocycles. The maximum absolute atomic E-state index is 13.4. The van der Waals surface area contributed by atoms with Crippen LogP contribution in [-0.2, 0) is 25.9 Å². The molecule has 100 valence electrons. The first-order valence-corrected chi connectivity index (χ1v) is 8.09. The number of rotatable bonds is 4. The first kappa shape index (κ1) is 13.3. The highest BCUT2D eigenvalue weighted by atomic mass is 79.9. The third kappa shape index (κ3) is 2.91. The van der Waals surface area contributed by atoms with E-state index in [1.165, 1.54) is 35.8 Å².